The lowest BCUT2D eigenvalue weighted by atomic mass is 10.1. The van der Waals surface area contributed by atoms with E-state index < -0.39 is 26.0 Å². The molecule has 1 aliphatic rings. The zero-order valence-corrected chi connectivity index (χ0v) is 18.0. The maximum atomic E-state index is 12.7. The van der Waals surface area contributed by atoms with E-state index in [4.69, 9.17) is 9.88 Å². The molecule has 3 rings (SSSR count). The third-order valence-corrected chi connectivity index (χ3v) is 7.63. The summed E-state index contributed by atoms with van der Waals surface area (Å²) >= 11 is 0. The standard InChI is InChI=1S/C19H23N3O6S2/c1-28-19(23)17-13-16(30(20,26)27)7-8-18(17)21-9-11-22(12-10-21)29(24,25)14-15-5-3-2-4-6-15/h2-8,13H,9-12,14H2,1H3,(H2,20,26,27). The first kappa shape index (κ1) is 22.2. The van der Waals surface area contributed by atoms with E-state index in [1.54, 1.807) is 24.3 Å². The molecule has 0 saturated carbocycles. The summed E-state index contributed by atoms with van der Waals surface area (Å²) in [5, 5.41) is 5.16. The van der Waals surface area contributed by atoms with Gasteiger partial charge in [0.1, 0.15) is 0 Å². The van der Waals surface area contributed by atoms with Crippen LogP contribution in [0.3, 0.4) is 0 Å². The second kappa shape index (κ2) is 8.72. The van der Waals surface area contributed by atoms with Crippen molar-refractivity contribution in [2.24, 2.45) is 5.14 Å². The first-order valence-electron chi connectivity index (χ1n) is 9.14. The molecular formula is C19H23N3O6S2. The predicted molar refractivity (Wildman–Crippen MR) is 112 cm³/mol. The molecule has 2 aromatic carbocycles. The molecule has 0 unspecified atom stereocenters. The van der Waals surface area contributed by atoms with Gasteiger partial charge in [-0.1, -0.05) is 30.3 Å². The lowest BCUT2D eigenvalue weighted by Crippen LogP contribution is -2.49. The number of hydrogen-bond donors (Lipinski definition) is 1. The van der Waals surface area contributed by atoms with E-state index in [1.165, 1.54) is 29.6 Å². The topological polar surface area (TPSA) is 127 Å². The zero-order valence-electron chi connectivity index (χ0n) is 16.4. The van der Waals surface area contributed by atoms with Crippen LogP contribution in [-0.2, 0) is 30.5 Å². The fraction of sp³-hybridized carbons (Fsp3) is 0.316. The molecule has 0 amide bonds. The van der Waals surface area contributed by atoms with E-state index in [0.29, 0.717) is 24.3 Å². The molecule has 0 radical (unpaired) electrons. The number of sulfonamides is 2. The summed E-state index contributed by atoms with van der Waals surface area (Å²) in [7, 11) is -6.27. The van der Waals surface area contributed by atoms with Gasteiger partial charge in [0, 0.05) is 26.2 Å². The van der Waals surface area contributed by atoms with Gasteiger partial charge in [0.05, 0.1) is 29.0 Å². The number of hydrogen-bond acceptors (Lipinski definition) is 7. The number of benzene rings is 2. The van der Waals surface area contributed by atoms with Crippen LogP contribution in [-0.4, -0.2) is 60.4 Å². The van der Waals surface area contributed by atoms with Crippen LogP contribution in [0.15, 0.2) is 53.4 Å². The normalized spacial score (nSPS) is 15.7. The average Bonchev–Trinajstić information content (AvgIpc) is 2.72. The number of nitrogens with zero attached hydrogens (tertiary/aromatic N) is 2. The number of methoxy groups -OCH3 is 1. The minimum Gasteiger partial charge on any atom is -0.465 e. The van der Waals surface area contributed by atoms with Gasteiger partial charge in [-0.2, -0.15) is 4.31 Å². The lowest BCUT2D eigenvalue weighted by molar-refractivity contribution is 0.0601. The van der Waals surface area contributed by atoms with Crippen molar-refractivity contribution >= 4 is 31.7 Å². The number of carbonyl (C=O) groups excluding carboxylic acids is 1. The second-order valence-electron chi connectivity index (χ2n) is 6.84. The van der Waals surface area contributed by atoms with Crippen molar-refractivity contribution < 1.29 is 26.4 Å². The van der Waals surface area contributed by atoms with E-state index in [2.05, 4.69) is 0 Å². The largest absolute Gasteiger partial charge is 0.465 e. The Labute approximate surface area is 176 Å². The van der Waals surface area contributed by atoms with E-state index in [-0.39, 0.29) is 29.3 Å². The molecule has 0 aromatic heterocycles. The highest BCUT2D eigenvalue weighted by Gasteiger charge is 2.29. The van der Waals surface area contributed by atoms with E-state index in [0.717, 1.165) is 0 Å². The van der Waals surface area contributed by atoms with Crippen LogP contribution < -0.4 is 10.0 Å². The van der Waals surface area contributed by atoms with Crippen molar-refractivity contribution in [3.05, 3.63) is 59.7 Å². The Bertz CT molecular complexity index is 1130. The third kappa shape index (κ3) is 4.98. The van der Waals surface area contributed by atoms with Crippen LogP contribution in [0.5, 0.6) is 0 Å². The average molecular weight is 454 g/mol. The molecule has 0 spiro atoms. The van der Waals surface area contributed by atoms with Crippen LogP contribution >= 0.6 is 0 Å². The molecule has 2 N–H and O–H groups in total. The molecule has 9 nitrogen and oxygen atoms in total. The molecule has 162 valence electrons. The summed E-state index contributed by atoms with van der Waals surface area (Å²) in [6, 6.07) is 12.9. The second-order valence-corrected chi connectivity index (χ2v) is 10.4. The smallest absolute Gasteiger partial charge is 0.340 e. The van der Waals surface area contributed by atoms with Crippen molar-refractivity contribution in [3.63, 3.8) is 0 Å². The third-order valence-electron chi connectivity index (χ3n) is 4.87. The van der Waals surface area contributed by atoms with Crippen molar-refractivity contribution in [2.45, 2.75) is 10.6 Å². The molecule has 1 saturated heterocycles. The van der Waals surface area contributed by atoms with Crippen molar-refractivity contribution in [3.8, 4) is 0 Å². The summed E-state index contributed by atoms with van der Waals surface area (Å²) in [4.78, 5) is 13.8. The van der Waals surface area contributed by atoms with E-state index in [1.807, 2.05) is 11.0 Å². The molecule has 0 atom stereocenters. The molecule has 0 bridgehead atoms. The van der Waals surface area contributed by atoms with Crippen molar-refractivity contribution in [1.82, 2.24) is 4.31 Å². The SMILES string of the molecule is COC(=O)c1cc(S(N)(=O)=O)ccc1N1CCN(S(=O)(=O)Cc2ccccc2)CC1. The molecule has 0 aliphatic carbocycles. The van der Waals surface area contributed by atoms with Crippen LogP contribution in [0.4, 0.5) is 5.69 Å². The molecule has 1 aliphatic heterocycles. The van der Waals surface area contributed by atoms with Crippen LogP contribution in [0.1, 0.15) is 15.9 Å². The predicted octanol–water partition coefficient (Wildman–Crippen LogP) is 0.773. The van der Waals surface area contributed by atoms with Crippen molar-refractivity contribution in [1.29, 1.82) is 0 Å². The molecule has 30 heavy (non-hydrogen) atoms. The lowest BCUT2D eigenvalue weighted by Gasteiger charge is -2.36. The number of piperazine rings is 1. The Morgan fingerprint density at radius 3 is 2.20 bits per heavy atom. The number of rotatable bonds is 6. The molecule has 11 heteroatoms. The number of anilines is 1. The van der Waals surface area contributed by atoms with Crippen LogP contribution in [0, 0.1) is 0 Å². The molecular weight excluding hydrogens is 430 g/mol. The Morgan fingerprint density at radius 1 is 1.00 bits per heavy atom. The Balaban J connectivity index is 1.78. The van der Waals surface area contributed by atoms with E-state index in [9.17, 15) is 21.6 Å². The van der Waals surface area contributed by atoms with Crippen molar-refractivity contribution in [2.75, 3.05) is 38.2 Å². The molecule has 1 heterocycles. The number of ether oxygens (including phenoxy) is 1. The number of nitrogens with two attached hydrogens (primary N) is 1. The summed E-state index contributed by atoms with van der Waals surface area (Å²) in [5.74, 6) is -0.778. The fourth-order valence-corrected chi connectivity index (χ4v) is 5.38. The Kier molecular flexibility index (Phi) is 6.46. The highest BCUT2D eigenvalue weighted by molar-refractivity contribution is 7.89. The highest BCUT2D eigenvalue weighted by atomic mass is 32.2. The maximum Gasteiger partial charge on any atom is 0.340 e. The molecule has 2 aromatic rings. The van der Waals surface area contributed by atoms with Gasteiger partial charge in [-0.25, -0.2) is 26.8 Å². The first-order chi connectivity index (χ1) is 14.1. The summed E-state index contributed by atoms with van der Waals surface area (Å²) in [5.41, 5.74) is 1.24. The summed E-state index contributed by atoms with van der Waals surface area (Å²) in [6.07, 6.45) is 0. The van der Waals surface area contributed by atoms with Crippen LogP contribution in [0.2, 0.25) is 0 Å². The monoisotopic (exact) mass is 453 g/mol. The van der Waals surface area contributed by atoms with Gasteiger partial charge in [-0.3, -0.25) is 0 Å². The number of carbonyl (C=O) groups is 1. The minimum absolute atomic E-state index is 0.0598. The first-order valence-corrected chi connectivity index (χ1v) is 12.3. The Hall–Kier alpha value is -2.47. The van der Waals surface area contributed by atoms with Gasteiger partial charge in [0.25, 0.3) is 0 Å². The van der Waals surface area contributed by atoms with Gasteiger partial charge in [0.2, 0.25) is 20.0 Å². The van der Waals surface area contributed by atoms with Gasteiger partial charge >= 0.3 is 5.97 Å². The maximum absolute atomic E-state index is 12.7. The van der Waals surface area contributed by atoms with Gasteiger partial charge in [-0.15, -0.1) is 0 Å². The zero-order chi connectivity index (χ0) is 21.9. The van der Waals surface area contributed by atoms with Crippen LogP contribution in [0.25, 0.3) is 0 Å². The van der Waals surface area contributed by atoms with Gasteiger partial charge < -0.3 is 9.64 Å². The fourth-order valence-electron chi connectivity index (χ4n) is 3.32. The number of primary sulfonamides is 1. The quantitative estimate of drug-likeness (QED) is 0.640. The summed E-state index contributed by atoms with van der Waals surface area (Å²) < 4.78 is 54.9. The Morgan fingerprint density at radius 2 is 1.63 bits per heavy atom. The van der Waals surface area contributed by atoms with E-state index >= 15 is 0 Å². The molecule has 1 fully saturated rings. The van der Waals surface area contributed by atoms with Gasteiger partial charge in [0.15, 0.2) is 0 Å². The minimum atomic E-state index is -3.99. The van der Waals surface area contributed by atoms with Gasteiger partial charge in [-0.05, 0) is 23.8 Å². The summed E-state index contributed by atoms with van der Waals surface area (Å²) in [6.45, 7) is 1.17. The number of esters is 1. The highest BCUT2D eigenvalue weighted by Crippen LogP contribution is 2.26.